The minimum absolute atomic E-state index is 0.672. The zero-order valence-electron chi connectivity index (χ0n) is 13.3. The van der Waals surface area contributed by atoms with Crippen LogP contribution < -0.4 is 10.1 Å². The molecule has 4 heteroatoms. The van der Waals surface area contributed by atoms with Gasteiger partial charge in [0.15, 0.2) is 0 Å². The molecule has 0 fully saturated rings. The van der Waals surface area contributed by atoms with E-state index in [1.165, 1.54) is 12.0 Å². The van der Waals surface area contributed by atoms with Crippen molar-refractivity contribution in [2.45, 2.75) is 38.2 Å². The number of hydrogen-bond acceptors (Lipinski definition) is 4. The van der Waals surface area contributed by atoms with Crippen LogP contribution in [0.5, 0.6) is 5.75 Å². The summed E-state index contributed by atoms with van der Waals surface area (Å²) in [6, 6.07) is 8.30. The average molecular weight is 304 g/mol. The van der Waals surface area contributed by atoms with Gasteiger partial charge in [-0.1, -0.05) is 13.8 Å². The van der Waals surface area contributed by atoms with Gasteiger partial charge in [-0.05, 0) is 31.5 Å². The van der Waals surface area contributed by atoms with Crippen molar-refractivity contribution in [2.75, 3.05) is 19.0 Å². The molecule has 3 nitrogen and oxygen atoms in total. The second kappa shape index (κ2) is 7.55. The van der Waals surface area contributed by atoms with Crippen molar-refractivity contribution in [1.29, 1.82) is 0 Å². The number of aromatic nitrogens is 1. The third kappa shape index (κ3) is 4.03. The molecule has 1 heterocycles. The van der Waals surface area contributed by atoms with E-state index in [1.54, 1.807) is 7.11 Å². The van der Waals surface area contributed by atoms with Gasteiger partial charge in [0.25, 0.3) is 0 Å². The lowest BCUT2D eigenvalue weighted by Gasteiger charge is -2.14. The first-order valence-electron chi connectivity index (χ1n) is 7.51. The molecule has 114 valence electrons. The van der Waals surface area contributed by atoms with Crippen LogP contribution in [0, 0.1) is 0 Å². The minimum atomic E-state index is 0.672. The lowest BCUT2D eigenvalue weighted by molar-refractivity contribution is 0.415. The highest BCUT2D eigenvalue weighted by atomic mass is 32.2. The first-order chi connectivity index (χ1) is 10.2. The van der Waals surface area contributed by atoms with E-state index in [-0.39, 0.29) is 0 Å². The Balaban J connectivity index is 2.35. The van der Waals surface area contributed by atoms with Crippen molar-refractivity contribution in [3.63, 3.8) is 0 Å². The maximum absolute atomic E-state index is 5.28. The number of rotatable bonds is 7. The minimum Gasteiger partial charge on any atom is -0.497 e. The van der Waals surface area contributed by atoms with Gasteiger partial charge in [0, 0.05) is 34.6 Å². The van der Waals surface area contributed by atoms with Gasteiger partial charge in [0.05, 0.1) is 12.6 Å². The number of ether oxygens (including phenoxy) is 1. The number of nitrogens with zero attached hydrogens (tertiary/aromatic N) is 1. The van der Waals surface area contributed by atoms with Gasteiger partial charge < -0.3 is 10.1 Å². The van der Waals surface area contributed by atoms with Crippen molar-refractivity contribution in [3.8, 4) is 5.75 Å². The number of pyridine rings is 1. The molecule has 0 aliphatic heterocycles. The van der Waals surface area contributed by atoms with Crippen LogP contribution in [0.1, 0.15) is 32.8 Å². The highest BCUT2D eigenvalue weighted by molar-refractivity contribution is 7.99. The molecule has 0 radical (unpaired) electrons. The summed E-state index contributed by atoms with van der Waals surface area (Å²) in [6.45, 7) is 7.48. The van der Waals surface area contributed by atoms with Crippen molar-refractivity contribution in [2.24, 2.45) is 0 Å². The fraction of sp³-hybridized carbons (Fsp3) is 0.471. The van der Waals surface area contributed by atoms with Gasteiger partial charge in [-0.15, -0.1) is 0 Å². The molecular formula is C17H24N2OS. The first kappa shape index (κ1) is 16.0. The Morgan fingerprint density at radius 3 is 2.76 bits per heavy atom. The number of thioether (sulfide) groups is 1. The molecule has 1 aromatic carbocycles. The van der Waals surface area contributed by atoms with E-state index in [0.29, 0.717) is 5.25 Å². The van der Waals surface area contributed by atoms with Crippen LogP contribution in [0.4, 0.5) is 5.82 Å². The standard InChI is InChI=1S/C17H24N2OS/c1-5-12(3)21-11-14-9-13-7-8-15(20-4)10-16(13)19-17(14)18-6-2/h7-10,12H,5-6,11H2,1-4H3,(H,18,19). The topological polar surface area (TPSA) is 34.2 Å². The third-order valence-electron chi connectivity index (χ3n) is 3.55. The van der Waals surface area contributed by atoms with Crippen LogP contribution >= 0.6 is 11.8 Å². The summed E-state index contributed by atoms with van der Waals surface area (Å²) in [5.74, 6) is 2.83. The van der Waals surface area contributed by atoms with E-state index in [9.17, 15) is 0 Å². The molecule has 0 saturated heterocycles. The van der Waals surface area contributed by atoms with Gasteiger partial charge in [0.2, 0.25) is 0 Å². The summed E-state index contributed by atoms with van der Waals surface area (Å²) in [5, 5.41) is 5.22. The van der Waals surface area contributed by atoms with E-state index in [4.69, 9.17) is 9.72 Å². The summed E-state index contributed by atoms with van der Waals surface area (Å²) in [7, 11) is 1.68. The Bertz CT molecular complexity index is 601. The number of methoxy groups -OCH3 is 1. The zero-order chi connectivity index (χ0) is 15.2. The molecule has 0 spiro atoms. The van der Waals surface area contributed by atoms with Crippen LogP contribution in [-0.4, -0.2) is 23.9 Å². The zero-order valence-corrected chi connectivity index (χ0v) is 14.1. The first-order valence-corrected chi connectivity index (χ1v) is 8.56. The summed E-state index contributed by atoms with van der Waals surface area (Å²) in [4.78, 5) is 4.77. The van der Waals surface area contributed by atoms with Crippen LogP contribution in [0.25, 0.3) is 10.9 Å². The lowest BCUT2D eigenvalue weighted by atomic mass is 10.1. The Morgan fingerprint density at radius 2 is 2.10 bits per heavy atom. The van der Waals surface area contributed by atoms with E-state index in [2.05, 4.69) is 38.2 Å². The fourth-order valence-electron chi connectivity index (χ4n) is 2.10. The van der Waals surface area contributed by atoms with Crippen LogP contribution in [-0.2, 0) is 5.75 Å². The van der Waals surface area contributed by atoms with Gasteiger partial charge in [-0.2, -0.15) is 11.8 Å². The molecule has 21 heavy (non-hydrogen) atoms. The van der Waals surface area contributed by atoms with Crippen molar-refractivity contribution in [1.82, 2.24) is 4.98 Å². The van der Waals surface area contributed by atoms with Gasteiger partial charge in [0.1, 0.15) is 11.6 Å². The molecule has 1 atom stereocenters. The highest BCUT2D eigenvalue weighted by Gasteiger charge is 2.09. The molecule has 0 bridgehead atoms. The maximum Gasteiger partial charge on any atom is 0.130 e. The highest BCUT2D eigenvalue weighted by Crippen LogP contribution is 2.28. The Morgan fingerprint density at radius 1 is 1.29 bits per heavy atom. The lowest BCUT2D eigenvalue weighted by Crippen LogP contribution is -2.04. The number of benzene rings is 1. The Hall–Kier alpha value is -1.42. The van der Waals surface area contributed by atoms with Crippen molar-refractivity contribution < 1.29 is 4.74 Å². The van der Waals surface area contributed by atoms with Crippen LogP contribution in [0.15, 0.2) is 24.3 Å². The Labute approximate surface area is 131 Å². The number of anilines is 1. The molecular weight excluding hydrogens is 280 g/mol. The predicted molar refractivity (Wildman–Crippen MR) is 93.5 cm³/mol. The molecule has 1 N–H and O–H groups in total. The third-order valence-corrected chi connectivity index (χ3v) is 4.93. The van der Waals surface area contributed by atoms with E-state index < -0.39 is 0 Å². The number of fused-ring (bicyclic) bond motifs is 1. The Kier molecular flexibility index (Phi) is 5.74. The average Bonchev–Trinajstić information content (AvgIpc) is 2.52. The molecule has 1 aromatic heterocycles. The second-order valence-electron chi connectivity index (χ2n) is 5.11. The SMILES string of the molecule is CCNc1nc2cc(OC)ccc2cc1CSC(C)CC. The molecule has 0 amide bonds. The van der Waals surface area contributed by atoms with Gasteiger partial charge >= 0.3 is 0 Å². The summed E-state index contributed by atoms with van der Waals surface area (Å²) >= 11 is 1.98. The normalized spacial score (nSPS) is 12.4. The van der Waals surface area contributed by atoms with Crippen molar-refractivity contribution >= 4 is 28.5 Å². The molecule has 2 aromatic rings. The summed E-state index contributed by atoms with van der Waals surface area (Å²) in [5.41, 5.74) is 2.25. The molecule has 1 unspecified atom stereocenters. The van der Waals surface area contributed by atoms with Crippen molar-refractivity contribution in [3.05, 3.63) is 29.8 Å². The van der Waals surface area contributed by atoms with Crippen LogP contribution in [0.2, 0.25) is 0 Å². The van der Waals surface area contributed by atoms with Gasteiger partial charge in [-0.3, -0.25) is 0 Å². The quantitative estimate of drug-likeness (QED) is 0.803. The second-order valence-corrected chi connectivity index (χ2v) is 6.54. The molecule has 0 saturated carbocycles. The maximum atomic E-state index is 5.28. The van der Waals surface area contributed by atoms with E-state index in [0.717, 1.165) is 34.8 Å². The fourth-order valence-corrected chi connectivity index (χ4v) is 3.02. The monoisotopic (exact) mass is 304 g/mol. The smallest absolute Gasteiger partial charge is 0.130 e. The number of hydrogen-bond donors (Lipinski definition) is 1. The molecule has 0 aliphatic rings. The van der Waals surface area contributed by atoms with E-state index >= 15 is 0 Å². The number of nitrogens with one attached hydrogen (secondary N) is 1. The van der Waals surface area contributed by atoms with Crippen LogP contribution in [0.3, 0.4) is 0 Å². The summed E-state index contributed by atoms with van der Waals surface area (Å²) < 4.78 is 5.28. The van der Waals surface area contributed by atoms with E-state index in [1.807, 2.05) is 23.9 Å². The largest absolute Gasteiger partial charge is 0.497 e. The summed E-state index contributed by atoms with van der Waals surface area (Å²) in [6.07, 6.45) is 1.19. The molecule has 2 rings (SSSR count). The van der Waals surface area contributed by atoms with Gasteiger partial charge in [-0.25, -0.2) is 4.98 Å². The molecule has 0 aliphatic carbocycles. The predicted octanol–water partition coefficient (Wildman–Crippen LogP) is 4.71.